The molecular formula is C31H26Cl2F3N5O3S. The second-order valence-corrected chi connectivity index (χ2v) is 12.0. The Morgan fingerprint density at radius 2 is 1.73 bits per heavy atom. The molecule has 4 aromatic rings. The van der Waals surface area contributed by atoms with E-state index in [9.17, 15) is 22.8 Å². The molecule has 0 radical (unpaired) electrons. The fourth-order valence-electron chi connectivity index (χ4n) is 4.77. The number of rotatable bonds is 5. The molecule has 1 aliphatic rings. The van der Waals surface area contributed by atoms with E-state index >= 15 is 0 Å². The van der Waals surface area contributed by atoms with E-state index in [1.165, 1.54) is 53.3 Å². The summed E-state index contributed by atoms with van der Waals surface area (Å²) in [6, 6.07) is 12.9. The van der Waals surface area contributed by atoms with Gasteiger partial charge in [0.2, 0.25) is 0 Å². The van der Waals surface area contributed by atoms with Gasteiger partial charge in [0.25, 0.3) is 5.91 Å². The molecule has 0 atom stereocenters. The first kappa shape index (κ1) is 32.4. The highest BCUT2D eigenvalue weighted by Crippen LogP contribution is 2.41. The molecule has 0 bridgehead atoms. The first-order valence-corrected chi connectivity index (χ1v) is 15.3. The summed E-state index contributed by atoms with van der Waals surface area (Å²) in [4.78, 5) is 28.9. The molecule has 234 valence electrons. The van der Waals surface area contributed by atoms with Crippen LogP contribution in [0.2, 0.25) is 10.0 Å². The van der Waals surface area contributed by atoms with Crippen molar-refractivity contribution in [1.82, 2.24) is 20.2 Å². The van der Waals surface area contributed by atoms with E-state index in [-0.39, 0.29) is 16.4 Å². The first-order chi connectivity index (χ1) is 21.5. The van der Waals surface area contributed by atoms with Crippen molar-refractivity contribution >= 4 is 52.2 Å². The second-order valence-electron chi connectivity index (χ2n) is 10.1. The number of carbonyl (C=O) groups excluding carboxylic acids is 2. The molecule has 0 saturated carbocycles. The Morgan fingerprint density at radius 3 is 2.38 bits per heavy atom. The highest BCUT2D eigenvalue weighted by Gasteiger charge is 2.33. The van der Waals surface area contributed by atoms with Crippen LogP contribution in [0, 0.1) is 11.8 Å². The maximum Gasteiger partial charge on any atom is 0.416 e. The van der Waals surface area contributed by atoms with Gasteiger partial charge in [-0.15, -0.1) is 11.3 Å². The number of aromatic nitrogens is 2. The number of amides is 2. The number of nitrogens with one attached hydrogen (secondary N) is 1. The Balaban J connectivity index is 1.62. The van der Waals surface area contributed by atoms with Crippen LogP contribution in [-0.4, -0.2) is 54.0 Å². The Labute approximate surface area is 271 Å². The normalized spacial score (nSPS) is 13.6. The third-order valence-electron chi connectivity index (χ3n) is 6.99. The Hall–Kier alpha value is -4.02. The molecule has 2 aromatic heterocycles. The molecular weight excluding hydrogens is 650 g/mol. The molecule has 0 unspecified atom stereocenters. The number of hydrogen-bond acceptors (Lipinski definition) is 6. The van der Waals surface area contributed by atoms with E-state index in [1.54, 1.807) is 24.3 Å². The van der Waals surface area contributed by atoms with Gasteiger partial charge < -0.3 is 4.74 Å². The number of ether oxygens (including phenoxy) is 1. The van der Waals surface area contributed by atoms with Crippen molar-refractivity contribution in [2.75, 3.05) is 32.1 Å². The number of piperidine rings is 1. The molecule has 1 fully saturated rings. The molecule has 1 saturated heterocycles. The number of thiophene rings is 1. The number of halogens is 5. The SMILES string of the molecule is COC(=O)N(C)c1c(C(=O)NN2CCCCC2)nn(-c2ccc(Cl)cc2Cl)c1-c1ccc(C#Cc2ccc(C(F)(F)F)cc2)s1. The number of hydrogen-bond donors (Lipinski definition) is 1. The predicted molar refractivity (Wildman–Crippen MR) is 168 cm³/mol. The fourth-order valence-corrected chi connectivity index (χ4v) is 6.15. The summed E-state index contributed by atoms with van der Waals surface area (Å²) < 4.78 is 45.3. The van der Waals surface area contributed by atoms with Crippen molar-refractivity contribution in [3.63, 3.8) is 0 Å². The van der Waals surface area contributed by atoms with Crippen molar-refractivity contribution in [1.29, 1.82) is 0 Å². The van der Waals surface area contributed by atoms with E-state index < -0.39 is 23.7 Å². The van der Waals surface area contributed by atoms with Crippen molar-refractivity contribution < 1.29 is 27.5 Å². The fraction of sp³-hybridized carbons (Fsp3) is 0.258. The van der Waals surface area contributed by atoms with Gasteiger partial charge in [-0.05, 0) is 67.4 Å². The standard InChI is InChI=1S/C31H26Cl2F3N5O3S/c1-39(30(43)44-2)28-26(29(42)38-40-16-4-3-5-17-40)37-41(24-14-11-21(32)18-23(24)33)27(28)25-15-13-22(45-25)12-8-19-6-9-20(10-7-19)31(34,35)36/h6-7,9-11,13-15,18H,3-5,16-17H2,1-2H3,(H,38,42). The van der Waals surface area contributed by atoms with Crippen LogP contribution in [0.25, 0.3) is 16.3 Å². The lowest BCUT2D eigenvalue weighted by Crippen LogP contribution is -2.45. The molecule has 8 nitrogen and oxygen atoms in total. The Kier molecular flexibility index (Phi) is 9.74. The molecule has 3 heterocycles. The number of anilines is 1. The van der Waals surface area contributed by atoms with Gasteiger partial charge in [0.05, 0.1) is 33.1 Å². The van der Waals surface area contributed by atoms with Crippen molar-refractivity contribution in [3.8, 4) is 28.1 Å². The van der Waals surface area contributed by atoms with Gasteiger partial charge in [-0.25, -0.2) is 14.5 Å². The number of hydrazine groups is 1. The van der Waals surface area contributed by atoms with Crippen molar-refractivity contribution in [2.24, 2.45) is 0 Å². The van der Waals surface area contributed by atoms with Gasteiger partial charge in [-0.2, -0.15) is 18.3 Å². The highest BCUT2D eigenvalue weighted by molar-refractivity contribution is 7.16. The lowest BCUT2D eigenvalue weighted by atomic mass is 10.1. The third kappa shape index (κ3) is 7.28. The summed E-state index contributed by atoms with van der Waals surface area (Å²) in [5.74, 6) is 5.34. The lowest BCUT2D eigenvalue weighted by Gasteiger charge is -2.26. The molecule has 0 spiro atoms. The van der Waals surface area contributed by atoms with Gasteiger partial charge in [0.1, 0.15) is 11.4 Å². The van der Waals surface area contributed by atoms with Crippen molar-refractivity contribution in [3.05, 3.63) is 86.3 Å². The van der Waals surface area contributed by atoms with Crippen LogP contribution < -0.4 is 10.3 Å². The van der Waals surface area contributed by atoms with Gasteiger partial charge in [-0.3, -0.25) is 15.1 Å². The largest absolute Gasteiger partial charge is 0.452 e. The molecule has 1 aliphatic heterocycles. The number of carbonyl (C=O) groups is 2. The molecule has 2 amide bonds. The van der Waals surface area contributed by atoms with E-state index in [4.69, 9.17) is 27.9 Å². The number of methoxy groups -OCH3 is 1. The second kappa shape index (κ2) is 13.5. The quantitative estimate of drug-likeness (QED) is 0.220. The molecule has 5 rings (SSSR count). The summed E-state index contributed by atoms with van der Waals surface area (Å²) in [5, 5.41) is 7.13. The summed E-state index contributed by atoms with van der Waals surface area (Å²) in [6.07, 6.45) is -2.24. The Bertz CT molecular complexity index is 1790. The molecule has 1 N–H and O–H groups in total. The topological polar surface area (TPSA) is 79.7 Å². The zero-order valence-electron chi connectivity index (χ0n) is 24.0. The minimum Gasteiger partial charge on any atom is -0.452 e. The van der Waals surface area contributed by atoms with Crippen LogP contribution in [0.1, 0.15) is 45.8 Å². The van der Waals surface area contributed by atoms with Gasteiger partial charge in [-0.1, -0.05) is 41.5 Å². The lowest BCUT2D eigenvalue weighted by molar-refractivity contribution is -0.137. The molecule has 45 heavy (non-hydrogen) atoms. The summed E-state index contributed by atoms with van der Waals surface area (Å²) >= 11 is 14.0. The molecule has 0 aliphatic carbocycles. The summed E-state index contributed by atoms with van der Waals surface area (Å²) in [7, 11) is 2.70. The maximum absolute atomic E-state index is 13.7. The average Bonchev–Trinajstić information content (AvgIpc) is 3.64. The van der Waals surface area contributed by atoms with E-state index in [2.05, 4.69) is 22.4 Å². The predicted octanol–water partition coefficient (Wildman–Crippen LogP) is 7.66. The summed E-state index contributed by atoms with van der Waals surface area (Å²) in [5.41, 5.74) is 3.45. The zero-order chi connectivity index (χ0) is 32.3. The van der Waals surface area contributed by atoms with Crippen molar-refractivity contribution in [2.45, 2.75) is 25.4 Å². The van der Waals surface area contributed by atoms with Gasteiger partial charge in [0.15, 0.2) is 5.69 Å². The highest BCUT2D eigenvalue weighted by atomic mass is 35.5. The van der Waals surface area contributed by atoms with Gasteiger partial charge in [0, 0.05) is 30.7 Å². The minimum atomic E-state index is -4.44. The summed E-state index contributed by atoms with van der Waals surface area (Å²) in [6.45, 7) is 1.35. The number of nitrogens with zero attached hydrogens (tertiary/aromatic N) is 4. The van der Waals surface area contributed by atoms with Crippen LogP contribution in [-0.2, 0) is 10.9 Å². The van der Waals surface area contributed by atoms with Gasteiger partial charge >= 0.3 is 12.3 Å². The van der Waals surface area contributed by atoms with E-state index in [0.29, 0.717) is 44.8 Å². The number of benzene rings is 2. The number of alkyl halides is 3. The Morgan fingerprint density at radius 1 is 1.02 bits per heavy atom. The average molecular weight is 677 g/mol. The first-order valence-electron chi connectivity index (χ1n) is 13.7. The molecule has 2 aromatic carbocycles. The maximum atomic E-state index is 13.7. The van der Waals surface area contributed by atoms with Crippen LogP contribution in [0.3, 0.4) is 0 Å². The molecule has 14 heteroatoms. The minimum absolute atomic E-state index is 0.0414. The van der Waals surface area contributed by atoms with E-state index in [0.717, 1.165) is 31.4 Å². The van der Waals surface area contributed by atoms with Crippen LogP contribution in [0.4, 0.5) is 23.7 Å². The third-order valence-corrected chi connectivity index (χ3v) is 8.54. The van der Waals surface area contributed by atoms with Crippen LogP contribution in [0.5, 0.6) is 0 Å². The monoisotopic (exact) mass is 675 g/mol. The van der Waals surface area contributed by atoms with Crippen LogP contribution in [0.15, 0.2) is 54.6 Å². The smallest absolute Gasteiger partial charge is 0.416 e. The zero-order valence-corrected chi connectivity index (χ0v) is 26.4. The van der Waals surface area contributed by atoms with Crippen LogP contribution >= 0.6 is 34.5 Å². The van der Waals surface area contributed by atoms with E-state index in [1.807, 2.05) is 5.01 Å².